The third-order valence-corrected chi connectivity index (χ3v) is 7.69. The second-order valence-corrected chi connectivity index (χ2v) is 9.85. The van der Waals surface area contributed by atoms with E-state index < -0.39 is 23.4 Å². The summed E-state index contributed by atoms with van der Waals surface area (Å²) in [4.78, 5) is 51.5. The molecule has 1 aromatic rings. The predicted molar refractivity (Wildman–Crippen MR) is 123 cm³/mol. The Balaban J connectivity index is 1.35. The maximum atomic E-state index is 13.7. The van der Waals surface area contributed by atoms with Crippen LogP contribution in [0.3, 0.4) is 0 Å². The Morgan fingerprint density at radius 2 is 1.85 bits per heavy atom. The van der Waals surface area contributed by atoms with Crippen molar-refractivity contribution in [2.45, 2.75) is 57.4 Å². The Kier molecular flexibility index (Phi) is 7.50. The smallest absolute Gasteiger partial charge is 0.321 e. The number of nitrogens with zero attached hydrogens (tertiary/aromatic N) is 2. The van der Waals surface area contributed by atoms with Gasteiger partial charge in [0.05, 0.1) is 12.0 Å². The lowest BCUT2D eigenvalue weighted by Crippen LogP contribution is -2.53. The van der Waals surface area contributed by atoms with Gasteiger partial charge in [-0.15, -0.1) is 0 Å². The molecule has 3 N–H and O–H groups in total. The summed E-state index contributed by atoms with van der Waals surface area (Å²) in [6.45, 7) is 0.764. The average molecular weight is 471 g/mol. The third-order valence-electron chi connectivity index (χ3n) is 7.69. The molecule has 2 aliphatic carbocycles. The van der Waals surface area contributed by atoms with Gasteiger partial charge in [-0.05, 0) is 43.1 Å². The van der Waals surface area contributed by atoms with Gasteiger partial charge in [0.1, 0.15) is 6.04 Å². The molecule has 9 heteroatoms. The first-order chi connectivity index (χ1) is 16.4. The molecule has 0 radical (unpaired) electrons. The van der Waals surface area contributed by atoms with Crippen molar-refractivity contribution in [3.63, 3.8) is 0 Å². The molecule has 1 unspecified atom stereocenters. The van der Waals surface area contributed by atoms with E-state index >= 15 is 0 Å². The highest BCUT2D eigenvalue weighted by Gasteiger charge is 2.65. The van der Waals surface area contributed by atoms with Gasteiger partial charge < -0.3 is 10.2 Å². The second-order valence-electron chi connectivity index (χ2n) is 9.85. The first-order valence-electron chi connectivity index (χ1n) is 12.3. The zero-order valence-corrected chi connectivity index (χ0v) is 19.4. The Labute approximate surface area is 199 Å². The van der Waals surface area contributed by atoms with E-state index in [4.69, 9.17) is 0 Å². The number of likely N-dealkylation sites (tertiary alicyclic amines) is 1. The van der Waals surface area contributed by atoms with Gasteiger partial charge in [-0.2, -0.15) is 0 Å². The summed E-state index contributed by atoms with van der Waals surface area (Å²) < 4.78 is 0. The Morgan fingerprint density at radius 3 is 2.56 bits per heavy atom. The first-order valence-corrected chi connectivity index (χ1v) is 12.3. The number of hydrogen-bond donors (Lipinski definition) is 3. The first kappa shape index (κ1) is 24.2. The normalized spacial score (nSPS) is 26.2. The van der Waals surface area contributed by atoms with Crippen LogP contribution in [0, 0.1) is 17.3 Å². The molecule has 3 atom stereocenters. The summed E-state index contributed by atoms with van der Waals surface area (Å²) in [6.07, 6.45) is 7.12. The lowest BCUT2D eigenvalue weighted by Gasteiger charge is -2.30. The van der Waals surface area contributed by atoms with Gasteiger partial charge in [0.25, 0.3) is 5.91 Å². The van der Waals surface area contributed by atoms with E-state index in [2.05, 4.69) is 10.6 Å². The lowest BCUT2D eigenvalue weighted by atomic mass is 9.91. The van der Waals surface area contributed by atoms with Crippen molar-refractivity contribution in [3.8, 4) is 0 Å². The molecular formula is C25H34N4O5. The molecule has 0 aromatic heterocycles. The van der Waals surface area contributed by atoms with Crippen molar-refractivity contribution in [2.75, 3.05) is 19.6 Å². The molecule has 0 bridgehead atoms. The van der Waals surface area contributed by atoms with Gasteiger partial charge >= 0.3 is 6.03 Å². The summed E-state index contributed by atoms with van der Waals surface area (Å²) in [7, 11) is 0. The largest absolute Gasteiger partial charge is 0.337 e. The monoisotopic (exact) mass is 470 g/mol. The number of benzene rings is 1. The lowest BCUT2D eigenvalue weighted by molar-refractivity contribution is -0.160. The highest BCUT2D eigenvalue weighted by molar-refractivity contribution is 5.99. The number of imide groups is 1. The molecule has 3 aliphatic rings. The van der Waals surface area contributed by atoms with Crippen LogP contribution in [-0.4, -0.2) is 65.1 Å². The van der Waals surface area contributed by atoms with Crippen molar-refractivity contribution < 1.29 is 24.4 Å². The fourth-order valence-electron chi connectivity index (χ4n) is 5.91. The highest BCUT2D eigenvalue weighted by atomic mass is 16.5. The quantitative estimate of drug-likeness (QED) is 0.290. The maximum absolute atomic E-state index is 13.7. The molecule has 184 valence electrons. The van der Waals surface area contributed by atoms with E-state index in [0.717, 1.165) is 31.2 Å². The molecule has 3 fully saturated rings. The molecule has 1 saturated heterocycles. The molecule has 1 aliphatic heterocycles. The van der Waals surface area contributed by atoms with Gasteiger partial charge in [0.15, 0.2) is 0 Å². The molecule has 1 heterocycles. The van der Waals surface area contributed by atoms with E-state index in [1.54, 1.807) is 4.90 Å². The molecule has 0 spiro atoms. The van der Waals surface area contributed by atoms with E-state index in [9.17, 15) is 24.4 Å². The minimum Gasteiger partial charge on any atom is -0.337 e. The standard InChI is InChI=1S/C25H34N4O5/c30-17-28(34)16-25(15-20(25)19-9-4-5-10-19)23(32)29-14-6-11-21(29)22(31)27-24(33)26-13-12-18-7-2-1-3-8-18/h1-3,7-8,17,19-21,34H,4-6,9-16H2,(H2,26,27,31,33)/t20-,21-,25?/m0/s1. The third kappa shape index (κ3) is 5.24. The van der Waals surface area contributed by atoms with Crippen molar-refractivity contribution in [1.82, 2.24) is 20.6 Å². The minimum atomic E-state index is -0.842. The number of hydroxylamine groups is 2. The molecule has 4 rings (SSSR count). The summed E-state index contributed by atoms with van der Waals surface area (Å²) in [5, 5.41) is 15.5. The van der Waals surface area contributed by atoms with Gasteiger partial charge in [-0.25, -0.2) is 9.86 Å². The molecular weight excluding hydrogens is 436 g/mol. The maximum Gasteiger partial charge on any atom is 0.321 e. The van der Waals surface area contributed by atoms with Crippen LogP contribution in [0.1, 0.15) is 50.5 Å². The van der Waals surface area contributed by atoms with Crippen LogP contribution in [0.5, 0.6) is 0 Å². The minimum absolute atomic E-state index is 0.0543. The number of carbonyl (C=O) groups excluding carboxylic acids is 4. The zero-order chi connectivity index (χ0) is 24.1. The van der Waals surface area contributed by atoms with E-state index in [1.807, 2.05) is 30.3 Å². The zero-order valence-electron chi connectivity index (χ0n) is 19.4. The molecule has 5 amide bonds. The van der Waals surface area contributed by atoms with Crippen LogP contribution in [0.15, 0.2) is 30.3 Å². The van der Waals surface area contributed by atoms with Gasteiger partial charge in [0, 0.05) is 13.1 Å². The van der Waals surface area contributed by atoms with Crippen LogP contribution in [-0.2, 0) is 20.8 Å². The number of urea groups is 1. The second kappa shape index (κ2) is 10.5. The Bertz CT molecular complexity index is 904. The van der Waals surface area contributed by atoms with Gasteiger partial charge in [-0.1, -0.05) is 56.0 Å². The highest BCUT2D eigenvalue weighted by Crippen LogP contribution is 2.61. The Morgan fingerprint density at radius 1 is 1.12 bits per heavy atom. The van der Waals surface area contributed by atoms with Crippen LogP contribution in [0.25, 0.3) is 0 Å². The molecule has 9 nitrogen and oxygen atoms in total. The molecule has 2 saturated carbocycles. The summed E-state index contributed by atoms with van der Waals surface area (Å²) in [5.41, 5.74) is 0.243. The van der Waals surface area contributed by atoms with E-state index in [0.29, 0.717) is 56.2 Å². The SMILES string of the molecule is O=CN(O)CC1(C(=O)N2CCC[C@H]2C(=O)NC(=O)NCCc2ccccc2)C[C@H]1C1CCCC1. The van der Waals surface area contributed by atoms with Crippen LogP contribution in [0.2, 0.25) is 0 Å². The summed E-state index contributed by atoms with van der Waals surface area (Å²) >= 11 is 0. The summed E-state index contributed by atoms with van der Waals surface area (Å²) in [5.74, 6) is -0.156. The Hall–Kier alpha value is -2.94. The fourth-order valence-corrected chi connectivity index (χ4v) is 5.91. The van der Waals surface area contributed by atoms with Gasteiger partial charge in [-0.3, -0.25) is 24.9 Å². The fraction of sp³-hybridized carbons (Fsp3) is 0.600. The van der Waals surface area contributed by atoms with E-state index in [-0.39, 0.29) is 18.4 Å². The summed E-state index contributed by atoms with van der Waals surface area (Å²) in [6, 6.07) is 8.43. The van der Waals surface area contributed by atoms with E-state index in [1.165, 1.54) is 0 Å². The predicted octanol–water partition coefficient (Wildman–Crippen LogP) is 2.09. The number of rotatable bonds is 9. The van der Waals surface area contributed by atoms with Crippen molar-refractivity contribution >= 4 is 24.3 Å². The molecule has 34 heavy (non-hydrogen) atoms. The number of nitrogens with one attached hydrogen (secondary N) is 2. The van der Waals surface area contributed by atoms with Gasteiger partial charge in [0.2, 0.25) is 12.3 Å². The van der Waals surface area contributed by atoms with Crippen LogP contribution < -0.4 is 10.6 Å². The average Bonchev–Trinajstić information content (AvgIpc) is 3.21. The molecule has 1 aromatic carbocycles. The van der Waals surface area contributed by atoms with Crippen LogP contribution >= 0.6 is 0 Å². The van der Waals surface area contributed by atoms with Crippen molar-refractivity contribution in [2.24, 2.45) is 17.3 Å². The number of amides is 5. The number of carbonyl (C=O) groups is 4. The van der Waals surface area contributed by atoms with Crippen molar-refractivity contribution in [3.05, 3.63) is 35.9 Å². The van der Waals surface area contributed by atoms with Crippen LogP contribution in [0.4, 0.5) is 4.79 Å². The number of hydrogen-bond acceptors (Lipinski definition) is 5. The van der Waals surface area contributed by atoms with Crippen molar-refractivity contribution in [1.29, 1.82) is 0 Å². The topological polar surface area (TPSA) is 119 Å².